The van der Waals surface area contributed by atoms with E-state index in [1.165, 1.54) is 25.7 Å². The van der Waals surface area contributed by atoms with Gasteiger partial charge in [-0.15, -0.1) is 0 Å². The second-order valence-electron chi connectivity index (χ2n) is 4.31. The van der Waals surface area contributed by atoms with Crippen molar-refractivity contribution in [3.8, 4) is 0 Å². The van der Waals surface area contributed by atoms with Gasteiger partial charge in [-0.05, 0) is 38.1 Å². The van der Waals surface area contributed by atoms with Gasteiger partial charge < -0.3 is 5.73 Å². The summed E-state index contributed by atoms with van der Waals surface area (Å²) in [6.07, 6.45) is 8.66. The normalized spacial score (nSPS) is 20.1. The highest BCUT2D eigenvalue weighted by Gasteiger charge is 2.17. The molecule has 0 radical (unpaired) electrons. The van der Waals surface area contributed by atoms with Crippen LogP contribution < -0.4 is 5.73 Å². The summed E-state index contributed by atoms with van der Waals surface area (Å²) in [5.74, 6) is 2.63. The molecule has 3 heteroatoms. The minimum atomic E-state index is -0.554. The first-order valence-corrected chi connectivity index (χ1v) is 7.37. The van der Waals surface area contributed by atoms with Gasteiger partial charge in [0, 0.05) is 22.3 Å². The molecule has 0 aromatic rings. The SMILES string of the molecule is NCCCCCS(=O)CC1CCCC1. The molecule has 0 bridgehead atoms. The fourth-order valence-corrected chi connectivity index (χ4v) is 3.66. The summed E-state index contributed by atoms with van der Waals surface area (Å²) in [7, 11) is -0.554. The minimum Gasteiger partial charge on any atom is -0.330 e. The monoisotopic (exact) mass is 217 g/mol. The second-order valence-corrected chi connectivity index (χ2v) is 5.93. The van der Waals surface area contributed by atoms with Crippen molar-refractivity contribution >= 4 is 10.8 Å². The van der Waals surface area contributed by atoms with Crippen molar-refractivity contribution < 1.29 is 4.21 Å². The highest BCUT2D eigenvalue weighted by atomic mass is 32.2. The van der Waals surface area contributed by atoms with Crippen molar-refractivity contribution in [3.63, 3.8) is 0 Å². The Kier molecular flexibility index (Phi) is 6.45. The van der Waals surface area contributed by atoms with E-state index < -0.39 is 10.8 Å². The van der Waals surface area contributed by atoms with Crippen LogP contribution in [0.2, 0.25) is 0 Å². The van der Waals surface area contributed by atoms with Crippen LogP contribution in [0.4, 0.5) is 0 Å². The lowest BCUT2D eigenvalue weighted by atomic mass is 10.1. The van der Waals surface area contributed by atoms with Crippen LogP contribution in [0.25, 0.3) is 0 Å². The fourth-order valence-electron chi connectivity index (χ4n) is 2.11. The van der Waals surface area contributed by atoms with Gasteiger partial charge in [-0.25, -0.2) is 0 Å². The van der Waals surface area contributed by atoms with Crippen molar-refractivity contribution in [2.45, 2.75) is 44.9 Å². The first kappa shape index (κ1) is 12.2. The van der Waals surface area contributed by atoms with Gasteiger partial charge in [-0.3, -0.25) is 4.21 Å². The van der Waals surface area contributed by atoms with Crippen LogP contribution in [0.5, 0.6) is 0 Å². The lowest BCUT2D eigenvalue weighted by molar-refractivity contribution is 0.602. The number of rotatable bonds is 7. The molecule has 1 aliphatic rings. The zero-order valence-corrected chi connectivity index (χ0v) is 9.86. The van der Waals surface area contributed by atoms with Gasteiger partial charge >= 0.3 is 0 Å². The molecule has 1 aliphatic carbocycles. The third kappa shape index (κ3) is 5.11. The van der Waals surface area contributed by atoms with Crippen molar-refractivity contribution in [1.29, 1.82) is 0 Å². The molecule has 1 atom stereocenters. The van der Waals surface area contributed by atoms with Gasteiger partial charge in [0.1, 0.15) is 0 Å². The molecule has 1 fully saturated rings. The number of hydrogen-bond donors (Lipinski definition) is 1. The Hall–Kier alpha value is 0.110. The smallest absolute Gasteiger partial charge is 0.0263 e. The molecule has 0 aliphatic heterocycles. The summed E-state index contributed by atoms with van der Waals surface area (Å²) in [6, 6.07) is 0. The maximum absolute atomic E-state index is 11.6. The van der Waals surface area contributed by atoms with Crippen LogP contribution in [0, 0.1) is 5.92 Å². The molecule has 0 heterocycles. The summed E-state index contributed by atoms with van der Waals surface area (Å²) in [6.45, 7) is 0.773. The van der Waals surface area contributed by atoms with Gasteiger partial charge in [0.05, 0.1) is 0 Å². The highest BCUT2D eigenvalue weighted by Crippen LogP contribution is 2.25. The van der Waals surface area contributed by atoms with E-state index in [1.807, 2.05) is 0 Å². The summed E-state index contributed by atoms with van der Waals surface area (Å²) in [5.41, 5.74) is 5.40. The van der Waals surface area contributed by atoms with Crippen LogP contribution in [-0.2, 0) is 10.8 Å². The van der Waals surface area contributed by atoms with Gasteiger partial charge in [0.2, 0.25) is 0 Å². The summed E-state index contributed by atoms with van der Waals surface area (Å²) in [4.78, 5) is 0. The first-order valence-electron chi connectivity index (χ1n) is 5.88. The molecule has 0 aromatic carbocycles. The Morgan fingerprint density at radius 2 is 1.86 bits per heavy atom. The van der Waals surface area contributed by atoms with E-state index in [4.69, 9.17) is 5.73 Å². The first-order chi connectivity index (χ1) is 6.83. The predicted octanol–water partition coefficient (Wildman–Crippen LogP) is 2.05. The van der Waals surface area contributed by atoms with Crippen molar-refractivity contribution in [1.82, 2.24) is 0 Å². The summed E-state index contributed by atoms with van der Waals surface area (Å²) >= 11 is 0. The van der Waals surface area contributed by atoms with Crippen LogP contribution in [0.1, 0.15) is 44.9 Å². The van der Waals surface area contributed by atoms with Crippen LogP contribution in [0.15, 0.2) is 0 Å². The molecular weight excluding hydrogens is 194 g/mol. The molecule has 0 aromatic heterocycles. The maximum Gasteiger partial charge on any atom is 0.0263 e. The average Bonchev–Trinajstić information content (AvgIpc) is 2.65. The summed E-state index contributed by atoms with van der Waals surface area (Å²) in [5, 5.41) is 0. The largest absolute Gasteiger partial charge is 0.330 e. The van der Waals surface area contributed by atoms with Crippen LogP contribution >= 0.6 is 0 Å². The van der Waals surface area contributed by atoms with Crippen LogP contribution in [-0.4, -0.2) is 22.3 Å². The molecule has 14 heavy (non-hydrogen) atoms. The predicted molar refractivity (Wildman–Crippen MR) is 62.7 cm³/mol. The lowest BCUT2D eigenvalue weighted by Crippen LogP contribution is -2.10. The van der Waals surface area contributed by atoms with E-state index in [9.17, 15) is 4.21 Å². The molecule has 1 saturated carbocycles. The summed E-state index contributed by atoms with van der Waals surface area (Å²) < 4.78 is 11.6. The highest BCUT2D eigenvalue weighted by molar-refractivity contribution is 7.84. The molecule has 0 saturated heterocycles. The van der Waals surface area contributed by atoms with Crippen molar-refractivity contribution in [3.05, 3.63) is 0 Å². The molecule has 2 nitrogen and oxygen atoms in total. The Labute approximate surface area is 90.1 Å². The zero-order valence-electron chi connectivity index (χ0n) is 9.04. The molecule has 2 N–H and O–H groups in total. The Balaban J connectivity index is 1.98. The Morgan fingerprint density at radius 3 is 2.50 bits per heavy atom. The molecule has 84 valence electrons. The lowest BCUT2D eigenvalue weighted by Gasteiger charge is -2.07. The van der Waals surface area contributed by atoms with Crippen molar-refractivity contribution in [2.75, 3.05) is 18.1 Å². The standard InChI is InChI=1S/C11H23NOS/c12-8-4-1-5-9-14(13)10-11-6-2-3-7-11/h11H,1-10,12H2. The number of hydrogen-bond acceptors (Lipinski definition) is 2. The van der Waals surface area contributed by atoms with E-state index in [0.717, 1.165) is 43.2 Å². The van der Waals surface area contributed by atoms with E-state index in [1.54, 1.807) is 0 Å². The fraction of sp³-hybridized carbons (Fsp3) is 1.00. The third-order valence-corrected chi connectivity index (χ3v) is 4.56. The van der Waals surface area contributed by atoms with E-state index in [2.05, 4.69) is 0 Å². The van der Waals surface area contributed by atoms with E-state index >= 15 is 0 Å². The van der Waals surface area contributed by atoms with Crippen LogP contribution in [0.3, 0.4) is 0 Å². The molecule has 0 amide bonds. The van der Waals surface area contributed by atoms with Gasteiger partial charge in [-0.2, -0.15) is 0 Å². The van der Waals surface area contributed by atoms with E-state index in [0.29, 0.717) is 0 Å². The van der Waals surface area contributed by atoms with Crippen molar-refractivity contribution in [2.24, 2.45) is 11.7 Å². The van der Waals surface area contributed by atoms with Gasteiger partial charge in [0.15, 0.2) is 0 Å². The Bertz CT molecular complexity index is 167. The maximum atomic E-state index is 11.6. The second kappa shape index (κ2) is 7.41. The molecule has 1 unspecified atom stereocenters. The van der Waals surface area contributed by atoms with Gasteiger partial charge in [0.25, 0.3) is 0 Å². The molecule has 1 rings (SSSR count). The topological polar surface area (TPSA) is 43.1 Å². The molecular formula is C11H23NOS. The van der Waals surface area contributed by atoms with Gasteiger partial charge in [-0.1, -0.05) is 19.3 Å². The van der Waals surface area contributed by atoms with E-state index in [-0.39, 0.29) is 0 Å². The average molecular weight is 217 g/mol. The Morgan fingerprint density at radius 1 is 1.14 bits per heavy atom. The quantitative estimate of drug-likeness (QED) is 0.663. The zero-order chi connectivity index (χ0) is 10.2. The number of nitrogens with two attached hydrogens (primary N) is 1. The third-order valence-electron chi connectivity index (χ3n) is 2.97. The minimum absolute atomic E-state index is 0.554. The number of unbranched alkanes of at least 4 members (excludes halogenated alkanes) is 2. The molecule has 0 spiro atoms.